The smallest absolute Gasteiger partial charge is 0.420 e. The van der Waals surface area contributed by atoms with Crippen molar-refractivity contribution in [1.29, 1.82) is 0 Å². The van der Waals surface area contributed by atoms with Crippen LogP contribution in [0.5, 0.6) is 17.2 Å². The third-order valence-electron chi connectivity index (χ3n) is 9.92. The number of nitrogens with one attached hydrogen (secondary N) is 1. The lowest BCUT2D eigenvalue weighted by atomic mass is 10.0. The minimum atomic E-state index is -0.817. The van der Waals surface area contributed by atoms with Crippen LogP contribution in [-0.2, 0) is 12.3 Å². The molecule has 5 rings (SSSR count). The van der Waals surface area contributed by atoms with Gasteiger partial charge >= 0.3 is 11.8 Å². The van der Waals surface area contributed by atoms with Gasteiger partial charge in [-0.25, -0.2) is 9.48 Å². The summed E-state index contributed by atoms with van der Waals surface area (Å²) in [6.07, 6.45) is 12.0. The number of rotatable bonds is 23. The van der Waals surface area contributed by atoms with Crippen LogP contribution < -0.4 is 19.7 Å². The number of fused-ring (bicyclic) bond motifs is 1. The molecule has 0 unspecified atom stereocenters. The van der Waals surface area contributed by atoms with Crippen molar-refractivity contribution in [3.63, 3.8) is 0 Å². The molecule has 0 spiro atoms. The molecule has 0 aliphatic heterocycles. The molecule has 0 saturated carbocycles. The van der Waals surface area contributed by atoms with Crippen molar-refractivity contribution in [3.05, 3.63) is 93.0 Å². The zero-order valence-electron chi connectivity index (χ0n) is 33.8. The van der Waals surface area contributed by atoms with E-state index < -0.39 is 16.9 Å². The van der Waals surface area contributed by atoms with E-state index in [1.54, 1.807) is 53.2 Å². The first kappa shape index (κ1) is 44.7. The van der Waals surface area contributed by atoms with Crippen molar-refractivity contribution in [2.45, 2.75) is 108 Å². The standard InChI is InChI=1S/C43H52ClN7O7S/c1-4-6-8-9-10-11-12-13-14-15-25-49(43(54)58-39-23-19-30(27-37(39)51(55)56)29-59-42-46-47-48-50(42)26-7-5-2)36-18-16-17-33-32(36)21-22-34(40(33)52)41(53)45-35-28-31(44)20-24-38(35)57-3/h16-24,27-28,52H,4-15,25-26,29H2,1-3H3,(H,45,53). The Bertz CT molecular complexity index is 2200. The molecule has 16 heteroatoms. The molecule has 5 aromatic rings. The minimum Gasteiger partial charge on any atom is -0.506 e. The molecule has 1 heterocycles. The number of hydrogen-bond acceptors (Lipinski definition) is 11. The van der Waals surface area contributed by atoms with Gasteiger partial charge < -0.3 is 19.9 Å². The maximum atomic E-state index is 14.2. The zero-order valence-corrected chi connectivity index (χ0v) is 35.4. The third-order valence-corrected chi connectivity index (χ3v) is 11.2. The van der Waals surface area contributed by atoms with Gasteiger partial charge in [0.05, 0.1) is 29.0 Å². The Morgan fingerprint density at radius 3 is 2.32 bits per heavy atom. The minimum absolute atomic E-state index is 0.00756. The van der Waals surface area contributed by atoms with Crippen LogP contribution in [0.15, 0.2) is 71.9 Å². The van der Waals surface area contributed by atoms with E-state index in [1.165, 1.54) is 74.1 Å². The monoisotopic (exact) mass is 845 g/mol. The Morgan fingerprint density at radius 2 is 1.61 bits per heavy atom. The van der Waals surface area contributed by atoms with Crippen molar-refractivity contribution in [3.8, 4) is 17.2 Å². The summed E-state index contributed by atoms with van der Waals surface area (Å²) in [7, 11) is 1.47. The first-order valence-corrected chi connectivity index (χ1v) is 21.6. The molecule has 14 nitrogen and oxygen atoms in total. The van der Waals surface area contributed by atoms with E-state index >= 15 is 0 Å². The molecule has 2 amide bonds. The normalized spacial score (nSPS) is 11.1. The largest absolute Gasteiger partial charge is 0.506 e. The molecule has 0 atom stereocenters. The Balaban J connectivity index is 1.38. The quantitative estimate of drug-likeness (QED) is 0.0277. The number of nitrogens with zero attached hydrogens (tertiary/aromatic N) is 6. The molecular weight excluding hydrogens is 794 g/mol. The summed E-state index contributed by atoms with van der Waals surface area (Å²) in [5.41, 5.74) is 1.01. The lowest BCUT2D eigenvalue weighted by molar-refractivity contribution is -0.385. The Kier molecular flexibility index (Phi) is 17.2. The summed E-state index contributed by atoms with van der Waals surface area (Å²) in [5, 5.41) is 40.2. The predicted molar refractivity (Wildman–Crippen MR) is 232 cm³/mol. The van der Waals surface area contributed by atoms with E-state index in [0.29, 0.717) is 62.4 Å². The number of hydrogen-bond donors (Lipinski definition) is 2. The van der Waals surface area contributed by atoms with Gasteiger partial charge in [-0.15, -0.1) is 5.10 Å². The first-order chi connectivity index (χ1) is 28.6. The van der Waals surface area contributed by atoms with E-state index in [0.717, 1.165) is 38.5 Å². The molecule has 0 fully saturated rings. The summed E-state index contributed by atoms with van der Waals surface area (Å²) in [6, 6.07) is 17.5. The van der Waals surface area contributed by atoms with Gasteiger partial charge in [0.2, 0.25) is 10.9 Å². The molecule has 1 aromatic heterocycles. The number of carbonyl (C=O) groups is 2. The second-order valence-electron chi connectivity index (χ2n) is 14.2. The van der Waals surface area contributed by atoms with Gasteiger partial charge in [-0.05, 0) is 65.2 Å². The highest BCUT2D eigenvalue weighted by atomic mass is 35.5. The molecule has 2 N–H and O–H groups in total. The fourth-order valence-corrected chi connectivity index (χ4v) is 7.72. The van der Waals surface area contributed by atoms with Gasteiger partial charge in [0, 0.05) is 40.7 Å². The van der Waals surface area contributed by atoms with Crippen LogP contribution in [0.25, 0.3) is 10.8 Å². The Hall–Kier alpha value is -5.41. The number of aromatic hydroxyl groups is 1. The van der Waals surface area contributed by atoms with Crippen LogP contribution in [-0.4, -0.2) is 55.9 Å². The van der Waals surface area contributed by atoms with Crippen molar-refractivity contribution < 1.29 is 29.1 Å². The number of tetrazole rings is 1. The molecule has 0 bridgehead atoms. The number of unbranched alkanes of at least 4 members (excludes halogenated alkanes) is 10. The number of phenolic OH excluding ortho intramolecular Hbond substituents is 1. The van der Waals surface area contributed by atoms with Crippen molar-refractivity contribution >= 4 is 63.2 Å². The fourth-order valence-electron chi connectivity index (χ4n) is 6.71. The molecule has 4 aromatic carbocycles. The van der Waals surface area contributed by atoms with E-state index in [2.05, 4.69) is 34.7 Å². The lowest BCUT2D eigenvalue weighted by Gasteiger charge is -2.24. The highest BCUT2D eigenvalue weighted by Gasteiger charge is 2.26. The number of amides is 2. The number of aromatic nitrogens is 4. The van der Waals surface area contributed by atoms with Crippen LogP contribution in [0.4, 0.5) is 21.9 Å². The van der Waals surface area contributed by atoms with Crippen LogP contribution in [0.1, 0.15) is 107 Å². The van der Waals surface area contributed by atoms with Gasteiger partial charge in [-0.2, -0.15) is 0 Å². The Labute approximate surface area is 353 Å². The number of nitro benzene ring substituents is 1. The number of benzene rings is 4. The van der Waals surface area contributed by atoms with Gasteiger partial charge in [0.1, 0.15) is 11.5 Å². The summed E-state index contributed by atoms with van der Waals surface area (Å²) in [4.78, 5) is 40.8. The number of phenols is 1. The van der Waals surface area contributed by atoms with E-state index in [4.69, 9.17) is 21.1 Å². The maximum absolute atomic E-state index is 14.2. The topological polar surface area (TPSA) is 175 Å². The lowest BCUT2D eigenvalue weighted by Crippen LogP contribution is -2.34. The van der Waals surface area contributed by atoms with Gasteiger partial charge in [-0.3, -0.25) is 19.8 Å². The molecule has 59 heavy (non-hydrogen) atoms. The number of halogens is 1. The number of carbonyl (C=O) groups excluding carboxylic acids is 2. The summed E-state index contributed by atoms with van der Waals surface area (Å²) in [6.45, 7) is 5.21. The molecule has 0 radical (unpaired) electrons. The van der Waals surface area contributed by atoms with E-state index in [-0.39, 0.29) is 29.3 Å². The summed E-state index contributed by atoms with van der Waals surface area (Å²) in [5.74, 6) is -0.340. The SMILES string of the molecule is CCCCCCCCCCCCN(C(=O)Oc1ccc(CSc2nnnn2CCCC)cc1[N+](=O)[O-])c1cccc2c(O)c(C(=O)Nc3cc(Cl)ccc3OC)ccc12. The van der Waals surface area contributed by atoms with Crippen LogP contribution in [0.2, 0.25) is 5.02 Å². The number of methoxy groups -OCH3 is 1. The maximum Gasteiger partial charge on any atom is 0.420 e. The van der Waals surface area contributed by atoms with Crippen molar-refractivity contribution in [1.82, 2.24) is 20.2 Å². The number of thioether (sulfide) groups is 1. The molecule has 0 aliphatic carbocycles. The number of nitro groups is 1. The fraction of sp³-hybridized carbons (Fsp3) is 0.419. The highest BCUT2D eigenvalue weighted by molar-refractivity contribution is 7.98. The average Bonchev–Trinajstić information content (AvgIpc) is 3.69. The molecular formula is C43H52ClN7O7S. The Morgan fingerprint density at radius 1 is 0.898 bits per heavy atom. The van der Waals surface area contributed by atoms with Crippen LogP contribution in [0.3, 0.4) is 0 Å². The molecule has 0 aliphatic rings. The molecule has 0 saturated heterocycles. The summed E-state index contributed by atoms with van der Waals surface area (Å²) >= 11 is 7.52. The molecule has 314 valence electrons. The van der Waals surface area contributed by atoms with Crippen LogP contribution in [0, 0.1) is 10.1 Å². The van der Waals surface area contributed by atoms with Gasteiger partial charge in [-0.1, -0.05) is 126 Å². The second kappa shape index (κ2) is 22.7. The second-order valence-corrected chi connectivity index (χ2v) is 15.6. The van der Waals surface area contributed by atoms with E-state index in [1.807, 2.05) is 0 Å². The predicted octanol–water partition coefficient (Wildman–Crippen LogP) is 11.4. The number of anilines is 2. The summed E-state index contributed by atoms with van der Waals surface area (Å²) < 4.78 is 12.9. The third kappa shape index (κ3) is 12.3. The number of aryl methyl sites for hydroxylation is 1. The van der Waals surface area contributed by atoms with Crippen LogP contribution >= 0.6 is 23.4 Å². The van der Waals surface area contributed by atoms with Crippen molar-refractivity contribution in [2.24, 2.45) is 0 Å². The first-order valence-electron chi connectivity index (χ1n) is 20.2. The number of ether oxygens (including phenoxy) is 2. The van der Waals surface area contributed by atoms with E-state index in [9.17, 15) is 24.8 Å². The highest BCUT2D eigenvalue weighted by Crippen LogP contribution is 2.38. The van der Waals surface area contributed by atoms with Gasteiger partial charge in [0.25, 0.3) is 5.91 Å². The zero-order chi connectivity index (χ0) is 42.1. The van der Waals surface area contributed by atoms with Gasteiger partial charge in [0.15, 0.2) is 0 Å². The average molecular weight is 846 g/mol. The van der Waals surface area contributed by atoms with Crippen molar-refractivity contribution in [2.75, 3.05) is 23.9 Å².